The number of aryl methyl sites for hydroxylation is 2. The Morgan fingerprint density at radius 1 is 1.00 bits per heavy atom. The number of hydrogen-bond acceptors (Lipinski definition) is 6. The van der Waals surface area contributed by atoms with Gasteiger partial charge in [-0.1, -0.05) is 32.6 Å². The third-order valence-corrected chi connectivity index (χ3v) is 10.2. The van der Waals surface area contributed by atoms with E-state index in [0.29, 0.717) is 63.1 Å². The van der Waals surface area contributed by atoms with Crippen LogP contribution in [0.4, 0.5) is 0 Å². The van der Waals surface area contributed by atoms with Crippen LogP contribution in [0.2, 0.25) is 0 Å². The highest BCUT2D eigenvalue weighted by Gasteiger charge is 2.54. The maximum Gasteiger partial charge on any atom is 0.251 e. The summed E-state index contributed by atoms with van der Waals surface area (Å²) in [6.45, 7) is 9.06. The number of rotatable bonds is 10. The molecule has 3 aliphatic rings. The lowest BCUT2D eigenvalue weighted by Gasteiger charge is -2.52. The average Bonchev–Trinajstić information content (AvgIpc) is 3.02. The number of likely N-dealkylation sites (tertiary alicyclic amines) is 1. The maximum atomic E-state index is 13.9. The van der Waals surface area contributed by atoms with E-state index >= 15 is 0 Å². The lowest BCUT2D eigenvalue weighted by molar-refractivity contribution is -0.163. The molecule has 252 valence electrons. The smallest absolute Gasteiger partial charge is 0.251 e. The summed E-state index contributed by atoms with van der Waals surface area (Å²) in [5, 5.41) is 16.9. The first-order valence-corrected chi connectivity index (χ1v) is 16.7. The molecule has 2 saturated heterocycles. The first-order valence-electron chi connectivity index (χ1n) is 16.7. The van der Waals surface area contributed by atoms with Crippen LogP contribution in [0.1, 0.15) is 98.2 Å². The summed E-state index contributed by atoms with van der Waals surface area (Å²) in [4.78, 5) is 43.8. The number of nitrogens with one attached hydrogen (secondary N) is 2. The first kappa shape index (κ1) is 35.7. The quantitative estimate of drug-likeness (QED) is 0.315. The molecule has 1 atom stereocenters. The van der Waals surface area contributed by atoms with Crippen LogP contribution in [0, 0.1) is 13.8 Å². The van der Waals surface area contributed by atoms with E-state index in [4.69, 9.17) is 4.74 Å². The van der Waals surface area contributed by atoms with E-state index in [2.05, 4.69) is 36.3 Å². The van der Waals surface area contributed by atoms with Crippen molar-refractivity contribution in [1.82, 2.24) is 20.4 Å². The van der Waals surface area contributed by atoms with E-state index < -0.39 is 17.2 Å². The summed E-state index contributed by atoms with van der Waals surface area (Å²) in [6, 6.07) is 10.5. The third kappa shape index (κ3) is 7.69. The zero-order valence-corrected chi connectivity index (χ0v) is 28.6. The molecule has 2 aromatic rings. The highest BCUT2D eigenvalue weighted by molar-refractivity contribution is 6.00. The summed E-state index contributed by atoms with van der Waals surface area (Å²) < 4.78 is 6.11. The summed E-state index contributed by atoms with van der Waals surface area (Å²) in [7, 11) is 1.61. The van der Waals surface area contributed by atoms with Gasteiger partial charge in [-0.05, 0) is 99.0 Å². The Hall–Kier alpha value is -3.14. The lowest BCUT2D eigenvalue weighted by atomic mass is 9.77. The minimum atomic E-state index is -0.871. The monoisotopic (exact) mass is 654 g/mol. The number of benzene rings is 2. The maximum absolute atomic E-state index is 13.9. The number of carbonyl (C=O) groups excluding carboxylic acids is 3. The van der Waals surface area contributed by atoms with Crippen LogP contribution < -0.4 is 15.4 Å². The van der Waals surface area contributed by atoms with Gasteiger partial charge in [0.05, 0.1) is 5.60 Å². The molecule has 1 spiro atoms. The van der Waals surface area contributed by atoms with E-state index in [-0.39, 0.29) is 30.1 Å². The third-order valence-electron chi connectivity index (χ3n) is 10.2. The Morgan fingerprint density at radius 2 is 1.63 bits per heavy atom. The molecular weight excluding hydrogens is 604 g/mol. The van der Waals surface area contributed by atoms with Gasteiger partial charge in [-0.15, -0.1) is 12.4 Å². The molecule has 2 aromatic carbocycles. The van der Waals surface area contributed by atoms with Crippen molar-refractivity contribution < 1.29 is 24.2 Å². The van der Waals surface area contributed by atoms with Gasteiger partial charge >= 0.3 is 0 Å². The first-order chi connectivity index (χ1) is 21.6. The van der Waals surface area contributed by atoms with Crippen molar-refractivity contribution in [3.63, 3.8) is 0 Å². The molecule has 0 radical (unpaired) electrons. The molecule has 0 bridgehead atoms. The lowest BCUT2D eigenvalue weighted by Crippen LogP contribution is -2.73. The normalized spacial score (nSPS) is 21.0. The van der Waals surface area contributed by atoms with Crippen molar-refractivity contribution in [2.45, 2.75) is 109 Å². The molecule has 46 heavy (non-hydrogen) atoms. The molecule has 9 nitrogen and oxygen atoms in total. The Balaban J connectivity index is 0.00000480. The van der Waals surface area contributed by atoms with Crippen molar-refractivity contribution >= 4 is 30.1 Å². The summed E-state index contributed by atoms with van der Waals surface area (Å²) >= 11 is 0. The summed E-state index contributed by atoms with van der Waals surface area (Å²) in [5.74, 6) is 1.19. The molecule has 0 aromatic heterocycles. The number of halogens is 1. The van der Waals surface area contributed by atoms with Crippen molar-refractivity contribution in [2.75, 3.05) is 26.7 Å². The highest BCUT2D eigenvalue weighted by Crippen LogP contribution is 2.38. The molecule has 3 fully saturated rings. The van der Waals surface area contributed by atoms with Crippen LogP contribution >= 0.6 is 12.4 Å². The SMILES string of the molecule is CCCCN1C(=O)[C@@H](CC2(O)CCCCC2)NC(=O)C12CCN(Cc1c(C)cc(Oc3ccc(C(=O)NC)cc3)cc1C)CC2.Cl. The molecule has 3 N–H and O–H groups in total. The van der Waals surface area contributed by atoms with E-state index in [1.807, 2.05) is 17.0 Å². The van der Waals surface area contributed by atoms with E-state index in [9.17, 15) is 19.5 Å². The van der Waals surface area contributed by atoms with E-state index in [0.717, 1.165) is 55.5 Å². The van der Waals surface area contributed by atoms with Gasteiger partial charge < -0.3 is 25.4 Å². The van der Waals surface area contributed by atoms with E-state index in [1.54, 1.807) is 31.3 Å². The second kappa shape index (κ2) is 15.2. The molecule has 1 saturated carbocycles. The van der Waals surface area contributed by atoms with Gasteiger partial charge in [0.25, 0.3) is 5.91 Å². The van der Waals surface area contributed by atoms with Gasteiger partial charge in [0.2, 0.25) is 11.8 Å². The van der Waals surface area contributed by atoms with Gasteiger partial charge in [-0.2, -0.15) is 0 Å². The number of carbonyl (C=O) groups is 3. The second-order valence-corrected chi connectivity index (χ2v) is 13.4. The molecule has 10 heteroatoms. The van der Waals surface area contributed by atoms with Crippen molar-refractivity contribution in [3.8, 4) is 11.5 Å². The standard InChI is InChI=1S/C36H50N4O5.ClH/c1-5-6-18-40-33(42)31(23-35(44)14-8-7-9-15-35)38-34(43)36(40)16-19-39(20-17-36)24-30-25(2)21-29(22-26(30)3)45-28-12-10-27(11-13-28)32(41)37-4;/h10-13,21-22,31,44H,5-9,14-20,23-24H2,1-4H3,(H,37,41)(H,38,43);1H/t31-;/m1./s1. The fourth-order valence-electron chi connectivity index (χ4n) is 7.47. The van der Waals surface area contributed by atoms with Crippen molar-refractivity contribution in [3.05, 3.63) is 58.7 Å². The average molecular weight is 655 g/mol. The molecule has 5 rings (SSSR count). The number of unbranched alkanes of at least 4 members (excludes halogenated alkanes) is 1. The van der Waals surface area contributed by atoms with Crippen LogP contribution in [0.3, 0.4) is 0 Å². The minimum Gasteiger partial charge on any atom is -0.457 e. The van der Waals surface area contributed by atoms with Crippen LogP contribution in [-0.4, -0.2) is 76.5 Å². The summed E-state index contributed by atoms with van der Waals surface area (Å²) in [6.07, 6.45) is 7.73. The number of piperidine rings is 1. The van der Waals surface area contributed by atoms with Crippen LogP contribution in [-0.2, 0) is 16.1 Å². The van der Waals surface area contributed by atoms with Gasteiger partial charge in [0.1, 0.15) is 23.1 Å². The topological polar surface area (TPSA) is 111 Å². The highest BCUT2D eigenvalue weighted by atomic mass is 35.5. The molecule has 3 amide bonds. The minimum absolute atomic E-state index is 0. The molecular formula is C36H51ClN4O5. The molecule has 2 heterocycles. The summed E-state index contributed by atoms with van der Waals surface area (Å²) in [5.41, 5.74) is 2.38. The zero-order chi connectivity index (χ0) is 32.2. The Labute approximate surface area is 279 Å². The Bertz CT molecular complexity index is 1360. The molecule has 1 aliphatic carbocycles. The number of ether oxygens (including phenoxy) is 1. The van der Waals surface area contributed by atoms with Gasteiger partial charge in [-0.25, -0.2) is 0 Å². The Kier molecular flexibility index (Phi) is 11.8. The van der Waals surface area contributed by atoms with Gasteiger partial charge in [-0.3, -0.25) is 19.3 Å². The van der Waals surface area contributed by atoms with E-state index in [1.165, 1.54) is 5.56 Å². The predicted octanol–water partition coefficient (Wildman–Crippen LogP) is 5.42. The van der Waals surface area contributed by atoms with Crippen molar-refractivity contribution in [2.24, 2.45) is 0 Å². The molecule has 2 aliphatic heterocycles. The van der Waals surface area contributed by atoms with Crippen LogP contribution in [0.15, 0.2) is 36.4 Å². The Morgan fingerprint density at radius 3 is 2.22 bits per heavy atom. The number of piperazine rings is 1. The van der Waals surface area contributed by atoms with Crippen LogP contribution in [0.5, 0.6) is 11.5 Å². The molecule has 0 unspecified atom stereocenters. The van der Waals surface area contributed by atoms with Gasteiger partial charge in [0, 0.05) is 45.2 Å². The zero-order valence-electron chi connectivity index (χ0n) is 27.8. The van der Waals surface area contributed by atoms with Crippen LogP contribution in [0.25, 0.3) is 0 Å². The van der Waals surface area contributed by atoms with Gasteiger partial charge in [0.15, 0.2) is 0 Å². The predicted molar refractivity (Wildman–Crippen MR) is 182 cm³/mol. The van der Waals surface area contributed by atoms with Crippen molar-refractivity contribution in [1.29, 1.82) is 0 Å². The number of hydrogen-bond donors (Lipinski definition) is 3. The fraction of sp³-hybridized carbons (Fsp3) is 0.583. The number of amides is 3. The fourth-order valence-corrected chi connectivity index (χ4v) is 7.47. The second-order valence-electron chi connectivity index (χ2n) is 13.4. The number of aliphatic hydroxyl groups is 1. The number of nitrogens with zero attached hydrogens (tertiary/aromatic N) is 2. The largest absolute Gasteiger partial charge is 0.457 e.